The third kappa shape index (κ3) is 4.06. The van der Waals surface area contributed by atoms with Gasteiger partial charge in [-0.25, -0.2) is 0 Å². The molecule has 5 nitrogen and oxygen atoms in total. The lowest BCUT2D eigenvalue weighted by atomic mass is 10.2. The molecule has 0 radical (unpaired) electrons. The highest BCUT2D eigenvalue weighted by Gasteiger charge is 2.13. The molecule has 0 bridgehead atoms. The van der Waals surface area contributed by atoms with Gasteiger partial charge < -0.3 is 14.6 Å². The van der Waals surface area contributed by atoms with Crippen molar-refractivity contribution < 1.29 is 9.26 Å². The molecule has 1 aromatic heterocycles. The summed E-state index contributed by atoms with van der Waals surface area (Å²) in [4.78, 5) is 4.33. The van der Waals surface area contributed by atoms with Gasteiger partial charge in [-0.15, -0.1) is 0 Å². The molecule has 2 aromatic rings. The van der Waals surface area contributed by atoms with Gasteiger partial charge in [0.1, 0.15) is 6.10 Å². The smallest absolute Gasteiger partial charge is 0.228 e. The second-order valence-corrected chi connectivity index (χ2v) is 4.69. The molecule has 1 atom stereocenters. The maximum absolute atomic E-state index is 5.43. The molecule has 0 saturated heterocycles. The fourth-order valence-electron chi connectivity index (χ4n) is 1.84. The van der Waals surface area contributed by atoms with E-state index in [1.54, 1.807) is 0 Å². The monoisotopic (exact) mass is 275 g/mol. The van der Waals surface area contributed by atoms with Crippen molar-refractivity contribution in [1.29, 1.82) is 0 Å². The predicted molar refractivity (Wildman–Crippen MR) is 77.7 cm³/mol. The molecular formula is C15H21N3O2. The number of aryl methyl sites for hydroxylation is 1. The van der Waals surface area contributed by atoms with Gasteiger partial charge in [0.2, 0.25) is 5.89 Å². The van der Waals surface area contributed by atoms with Crippen molar-refractivity contribution in [2.24, 2.45) is 0 Å². The van der Waals surface area contributed by atoms with E-state index in [-0.39, 0.29) is 6.10 Å². The fourth-order valence-corrected chi connectivity index (χ4v) is 1.84. The van der Waals surface area contributed by atoms with Crippen molar-refractivity contribution >= 4 is 5.69 Å². The Balaban J connectivity index is 1.81. The number of aromatic nitrogens is 2. The summed E-state index contributed by atoms with van der Waals surface area (Å²) in [6, 6.07) is 8.28. The number of benzene rings is 1. The summed E-state index contributed by atoms with van der Waals surface area (Å²) in [5.74, 6) is 1.24. The van der Waals surface area contributed by atoms with Crippen LogP contribution in [0.3, 0.4) is 0 Å². The highest BCUT2D eigenvalue weighted by molar-refractivity contribution is 5.44. The van der Waals surface area contributed by atoms with Crippen LogP contribution in [0.2, 0.25) is 0 Å². The molecule has 0 aliphatic rings. The van der Waals surface area contributed by atoms with E-state index in [2.05, 4.69) is 46.6 Å². The van der Waals surface area contributed by atoms with Gasteiger partial charge in [0.25, 0.3) is 0 Å². The minimum Gasteiger partial charge on any atom is -0.385 e. The van der Waals surface area contributed by atoms with E-state index in [0.29, 0.717) is 24.7 Å². The molecule has 0 amide bonds. The van der Waals surface area contributed by atoms with Gasteiger partial charge in [-0.3, -0.25) is 0 Å². The summed E-state index contributed by atoms with van der Waals surface area (Å²) in [6.45, 7) is 7.34. The Kier molecular flexibility index (Phi) is 5.12. The molecule has 5 heteroatoms. The predicted octanol–water partition coefficient (Wildman–Crippen LogP) is 3.13. The highest BCUT2D eigenvalue weighted by Crippen LogP contribution is 2.13. The lowest BCUT2D eigenvalue weighted by molar-refractivity contribution is 0.0683. The van der Waals surface area contributed by atoms with Crippen molar-refractivity contribution in [2.75, 3.05) is 18.5 Å². The summed E-state index contributed by atoms with van der Waals surface area (Å²) in [5.41, 5.74) is 2.35. The molecule has 108 valence electrons. The highest BCUT2D eigenvalue weighted by atomic mass is 16.5. The third-order valence-electron chi connectivity index (χ3n) is 2.98. The molecule has 0 fully saturated rings. The molecule has 0 spiro atoms. The molecule has 1 N–H and O–H groups in total. The minimum atomic E-state index is -0.123. The first-order chi connectivity index (χ1) is 9.69. The van der Waals surface area contributed by atoms with Gasteiger partial charge in [0, 0.05) is 25.3 Å². The zero-order valence-corrected chi connectivity index (χ0v) is 12.2. The first kappa shape index (κ1) is 14.5. The fraction of sp³-hybridized carbons (Fsp3) is 0.467. The van der Waals surface area contributed by atoms with Crippen LogP contribution in [0.5, 0.6) is 0 Å². The van der Waals surface area contributed by atoms with Crippen LogP contribution in [-0.4, -0.2) is 23.3 Å². The van der Waals surface area contributed by atoms with Crippen molar-refractivity contribution in [1.82, 2.24) is 10.1 Å². The summed E-state index contributed by atoms with van der Waals surface area (Å²) in [5, 5.41) is 7.26. The molecular weight excluding hydrogens is 254 g/mol. The standard InChI is InChI=1S/C15H21N3O2/c1-4-19-12(3)15-17-14(20-18-15)9-10-16-13-7-5-11(2)6-8-13/h5-8,12,16H,4,9-10H2,1-3H3. The molecule has 0 aliphatic heterocycles. The second kappa shape index (κ2) is 7.05. The quantitative estimate of drug-likeness (QED) is 0.841. The Labute approximate surface area is 119 Å². The van der Waals surface area contributed by atoms with E-state index in [9.17, 15) is 0 Å². The van der Waals surface area contributed by atoms with Crippen LogP contribution >= 0.6 is 0 Å². The van der Waals surface area contributed by atoms with Crippen molar-refractivity contribution in [3.05, 3.63) is 41.5 Å². The Bertz CT molecular complexity index is 522. The van der Waals surface area contributed by atoms with Gasteiger partial charge in [-0.05, 0) is 32.9 Å². The number of rotatable bonds is 7. The van der Waals surface area contributed by atoms with Gasteiger partial charge in [-0.2, -0.15) is 4.98 Å². The zero-order valence-electron chi connectivity index (χ0n) is 12.2. The number of anilines is 1. The van der Waals surface area contributed by atoms with E-state index < -0.39 is 0 Å². The maximum atomic E-state index is 5.43. The molecule has 1 unspecified atom stereocenters. The van der Waals surface area contributed by atoms with Crippen LogP contribution < -0.4 is 5.32 Å². The SMILES string of the molecule is CCOC(C)c1noc(CCNc2ccc(C)cc2)n1. The van der Waals surface area contributed by atoms with Gasteiger partial charge >= 0.3 is 0 Å². The van der Waals surface area contributed by atoms with Crippen molar-refractivity contribution in [3.8, 4) is 0 Å². The Morgan fingerprint density at radius 3 is 2.75 bits per heavy atom. The average molecular weight is 275 g/mol. The van der Waals surface area contributed by atoms with Crippen LogP contribution in [-0.2, 0) is 11.2 Å². The summed E-state index contributed by atoms with van der Waals surface area (Å²) in [7, 11) is 0. The topological polar surface area (TPSA) is 60.2 Å². The van der Waals surface area contributed by atoms with Crippen LogP contribution in [0.25, 0.3) is 0 Å². The summed E-state index contributed by atoms with van der Waals surface area (Å²) in [6.07, 6.45) is 0.572. The molecule has 0 saturated carbocycles. The normalized spacial score (nSPS) is 12.3. The van der Waals surface area contributed by atoms with Crippen LogP contribution in [0, 0.1) is 6.92 Å². The van der Waals surface area contributed by atoms with E-state index >= 15 is 0 Å². The Hall–Kier alpha value is -1.88. The Morgan fingerprint density at radius 1 is 1.30 bits per heavy atom. The molecule has 0 aliphatic carbocycles. The minimum absolute atomic E-state index is 0.123. The summed E-state index contributed by atoms with van der Waals surface area (Å²) >= 11 is 0. The number of hydrogen-bond acceptors (Lipinski definition) is 5. The number of nitrogens with one attached hydrogen (secondary N) is 1. The van der Waals surface area contributed by atoms with E-state index in [1.807, 2.05) is 13.8 Å². The van der Waals surface area contributed by atoms with Gasteiger partial charge in [0.05, 0.1) is 0 Å². The maximum Gasteiger partial charge on any atom is 0.228 e. The van der Waals surface area contributed by atoms with Crippen LogP contribution in [0.1, 0.15) is 37.2 Å². The van der Waals surface area contributed by atoms with Crippen LogP contribution in [0.15, 0.2) is 28.8 Å². The number of hydrogen-bond donors (Lipinski definition) is 1. The van der Waals surface area contributed by atoms with E-state index in [4.69, 9.17) is 9.26 Å². The first-order valence-electron chi connectivity index (χ1n) is 6.93. The van der Waals surface area contributed by atoms with Crippen molar-refractivity contribution in [2.45, 2.75) is 33.3 Å². The molecule has 1 heterocycles. The van der Waals surface area contributed by atoms with E-state index in [0.717, 1.165) is 12.2 Å². The summed E-state index contributed by atoms with van der Waals surface area (Å²) < 4.78 is 10.6. The largest absolute Gasteiger partial charge is 0.385 e. The third-order valence-corrected chi connectivity index (χ3v) is 2.98. The van der Waals surface area contributed by atoms with E-state index in [1.165, 1.54) is 5.56 Å². The Morgan fingerprint density at radius 2 is 2.05 bits per heavy atom. The number of ether oxygens (including phenoxy) is 1. The number of nitrogens with zero attached hydrogens (tertiary/aromatic N) is 2. The molecule has 2 rings (SSSR count). The van der Waals surface area contributed by atoms with Gasteiger partial charge in [-0.1, -0.05) is 22.9 Å². The first-order valence-corrected chi connectivity index (χ1v) is 6.93. The average Bonchev–Trinajstić information content (AvgIpc) is 2.90. The van der Waals surface area contributed by atoms with Gasteiger partial charge in [0.15, 0.2) is 5.82 Å². The lowest BCUT2D eigenvalue weighted by Crippen LogP contribution is -2.05. The second-order valence-electron chi connectivity index (χ2n) is 4.69. The zero-order chi connectivity index (χ0) is 14.4. The lowest BCUT2D eigenvalue weighted by Gasteiger charge is -2.05. The van der Waals surface area contributed by atoms with Crippen LogP contribution in [0.4, 0.5) is 5.69 Å². The molecule has 20 heavy (non-hydrogen) atoms. The van der Waals surface area contributed by atoms with Crippen molar-refractivity contribution in [3.63, 3.8) is 0 Å². The molecule has 1 aromatic carbocycles.